The third-order valence-electron chi connectivity index (χ3n) is 3.04. The van der Waals surface area contributed by atoms with Crippen molar-refractivity contribution in [2.45, 2.75) is 26.3 Å². The van der Waals surface area contributed by atoms with Gasteiger partial charge in [-0.2, -0.15) is 17.0 Å². The minimum absolute atomic E-state index is 0.296. The fourth-order valence-corrected chi connectivity index (χ4v) is 3.84. The van der Waals surface area contributed by atoms with E-state index in [1.54, 1.807) is 0 Å². The van der Waals surface area contributed by atoms with Gasteiger partial charge in [0.15, 0.2) is 0 Å². The molecule has 1 heterocycles. The number of nitrogens with zero attached hydrogens (tertiary/aromatic N) is 2. The molecule has 17 heavy (non-hydrogen) atoms. The smallest absolute Gasteiger partial charge is 0.282 e. The first-order chi connectivity index (χ1) is 7.86. The van der Waals surface area contributed by atoms with Crippen LogP contribution < -0.4 is 5.73 Å². The number of nitrogens with two attached hydrogens (primary N) is 1. The third-order valence-corrected chi connectivity index (χ3v) is 5.36. The molecule has 1 rings (SSSR count). The van der Waals surface area contributed by atoms with E-state index in [-0.39, 0.29) is 0 Å². The molecule has 0 spiro atoms. The molecule has 0 aromatic rings. The lowest BCUT2D eigenvalue weighted by Gasteiger charge is -2.39. The van der Waals surface area contributed by atoms with Crippen molar-refractivity contribution in [3.8, 4) is 0 Å². The second kappa shape index (κ2) is 5.62. The molecule has 6 nitrogen and oxygen atoms in total. The standard InChI is InChI=1S/C10H23N3O3S/c1-4-13(10(2,3)9-11)17(14,15)12-5-7-16-8-6-12/h4-9,11H2,1-3H3. The third kappa shape index (κ3) is 3.17. The van der Waals surface area contributed by atoms with Gasteiger partial charge in [-0.3, -0.25) is 0 Å². The predicted molar refractivity (Wildman–Crippen MR) is 66.8 cm³/mol. The van der Waals surface area contributed by atoms with Gasteiger partial charge in [-0.25, -0.2) is 0 Å². The van der Waals surface area contributed by atoms with Gasteiger partial charge in [-0.1, -0.05) is 6.92 Å². The molecule has 1 saturated heterocycles. The fraction of sp³-hybridized carbons (Fsp3) is 1.00. The van der Waals surface area contributed by atoms with Crippen LogP contribution in [0.2, 0.25) is 0 Å². The highest BCUT2D eigenvalue weighted by atomic mass is 32.2. The Bertz CT molecular complexity index is 337. The van der Waals surface area contributed by atoms with Gasteiger partial charge < -0.3 is 10.5 Å². The van der Waals surface area contributed by atoms with Gasteiger partial charge in [0.25, 0.3) is 10.2 Å². The zero-order valence-electron chi connectivity index (χ0n) is 10.8. The molecule has 102 valence electrons. The molecular weight excluding hydrogens is 242 g/mol. The van der Waals surface area contributed by atoms with Crippen LogP contribution in [0.25, 0.3) is 0 Å². The summed E-state index contributed by atoms with van der Waals surface area (Å²) in [5, 5.41) is 0. The van der Waals surface area contributed by atoms with Crippen LogP contribution >= 0.6 is 0 Å². The number of hydrogen-bond acceptors (Lipinski definition) is 4. The van der Waals surface area contributed by atoms with Crippen LogP contribution in [0, 0.1) is 0 Å². The van der Waals surface area contributed by atoms with Crippen molar-refractivity contribution in [2.24, 2.45) is 5.73 Å². The molecule has 1 fully saturated rings. The van der Waals surface area contributed by atoms with Crippen molar-refractivity contribution in [3.63, 3.8) is 0 Å². The van der Waals surface area contributed by atoms with Crippen molar-refractivity contribution in [2.75, 3.05) is 39.4 Å². The lowest BCUT2D eigenvalue weighted by molar-refractivity contribution is 0.0677. The first-order valence-corrected chi connectivity index (χ1v) is 7.31. The van der Waals surface area contributed by atoms with E-state index < -0.39 is 15.7 Å². The Kier molecular flexibility index (Phi) is 4.91. The van der Waals surface area contributed by atoms with Crippen molar-refractivity contribution in [1.29, 1.82) is 0 Å². The topological polar surface area (TPSA) is 75.9 Å². The van der Waals surface area contributed by atoms with Crippen LogP contribution in [0.3, 0.4) is 0 Å². The summed E-state index contributed by atoms with van der Waals surface area (Å²) in [7, 11) is -3.44. The minimum Gasteiger partial charge on any atom is -0.379 e. The molecule has 2 N–H and O–H groups in total. The number of ether oxygens (including phenoxy) is 1. The zero-order valence-corrected chi connectivity index (χ0v) is 11.7. The van der Waals surface area contributed by atoms with Crippen molar-refractivity contribution in [1.82, 2.24) is 8.61 Å². The largest absolute Gasteiger partial charge is 0.379 e. The van der Waals surface area contributed by atoms with Crippen LogP contribution in [-0.2, 0) is 14.9 Å². The average Bonchev–Trinajstić information content (AvgIpc) is 2.30. The van der Waals surface area contributed by atoms with Crippen molar-refractivity contribution < 1.29 is 13.2 Å². The number of rotatable bonds is 5. The maximum Gasteiger partial charge on any atom is 0.282 e. The molecule has 0 radical (unpaired) electrons. The molecule has 0 bridgehead atoms. The van der Waals surface area contributed by atoms with Crippen LogP contribution in [0.15, 0.2) is 0 Å². The highest BCUT2D eigenvalue weighted by Gasteiger charge is 2.38. The van der Waals surface area contributed by atoms with E-state index in [0.29, 0.717) is 39.4 Å². The molecule has 1 aliphatic rings. The quantitative estimate of drug-likeness (QED) is 0.735. The molecule has 0 unspecified atom stereocenters. The highest BCUT2D eigenvalue weighted by molar-refractivity contribution is 7.86. The summed E-state index contributed by atoms with van der Waals surface area (Å²) in [6.07, 6.45) is 0. The maximum absolute atomic E-state index is 12.5. The molecule has 0 aromatic carbocycles. The van der Waals surface area contributed by atoms with E-state index in [0.717, 1.165) is 0 Å². The van der Waals surface area contributed by atoms with E-state index in [9.17, 15) is 8.42 Å². The summed E-state index contributed by atoms with van der Waals surface area (Å²) < 4.78 is 33.0. The van der Waals surface area contributed by atoms with Gasteiger partial charge in [0.05, 0.1) is 13.2 Å². The second-order valence-corrected chi connectivity index (χ2v) is 6.55. The Labute approximate surface area is 104 Å². The summed E-state index contributed by atoms with van der Waals surface area (Å²) in [6.45, 7) is 7.98. The van der Waals surface area contributed by atoms with E-state index in [4.69, 9.17) is 10.5 Å². The number of likely N-dealkylation sites (N-methyl/N-ethyl adjacent to an activating group) is 1. The van der Waals surface area contributed by atoms with Gasteiger partial charge in [0.2, 0.25) is 0 Å². The first kappa shape index (κ1) is 14.8. The lowest BCUT2D eigenvalue weighted by atomic mass is 10.1. The zero-order chi connectivity index (χ0) is 13.1. The van der Waals surface area contributed by atoms with Crippen LogP contribution in [0.5, 0.6) is 0 Å². The van der Waals surface area contributed by atoms with Crippen molar-refractivity contribution in [3.05, 3.63) is 0 Å². The summed E-state index contributed by atoms with van der Waals surface area (Å²) in [5.41, 5.74) is 5.10. The summed E-state index contributed by atoms with van der Waals surface area (Å²) >= 11 is 0. The van der Waals surface area contributed by atoms with Crippen LogP contribution in [0.4, 0.5) is 0 Å². The Morgan fingerprint density at radius 2 is 1.88 bits per heavy atom. The Balaban J connectivity index is 2.93. The summed E-state index contributed by atoms with van der Waals surface area (Å²) in [6, 6.07) is 0. The minimum atomic E-state index is -3.44. The van der Waals surface area contributed by atoms with E-state index >= 15 is 0 Å². The predicted octanol–water partition coefficient (Wildman–Crippen LogP) is -0.377. The molecule has 0 aromatic heterocycles. The average molecular weight is 265 g/mol. The van der Waals surface area contributed by atoms with Gasteiger partial charge in [0, 0.05) is 31.7 Å². The Hall–Kier alpha value is -0.210. The lowest BCUT2D eigenvalue weighted by Crippen LogP contribution is -2.58. The van der Waals surface area contributed by atoms with E-state index in [1.165, 1.54) is 8.61 Å². The Morgan fingerprint density at radius 3 is 2.29 bits per heavy atom. The molecule has 1 aliphatic heterocycles. The molecule has 0 aliphatic carbocycles. The van der Waals surface area contributed by atoms with Gasteiger partial charge in [-0.05, 0) is 13.8 Å². The van der Waals surface area contributed by atoms with Gasteiger partial charge >= 0.3 is 0 Å². The van der Waals surface area contributed by atoms with E-state index in [2.05, 4.69) is 0 Å². The molecule has 0 atom stereocenters. The van der Waals surface area contributed by atoms with E-state index in [1.807, 2.05) is 20.8 Å². The van der Waals surface area contributed by atoms with Crippen molar-refractivity contribution >= 4 is 10.2 Å². The monoisotopic (exact) mass is 265 g/mol. The van der Waals surface area contributed by atoms with Gasteiger partial charge in [-0.15, -0.1) is 0 Å². The number of morpholine rings is 1. The highest BCUT2D eigenvalue weighted by Crippen LogP contribution is 2.21. The second-order valence-electron chi connectivity index (χ2n) is 4.70. The normalized spacial score (nSPS) is 19.8. The van der Waals surface area contributed by atoms with Gasteiger partial charge in [0.1, 0.15) is 0 Å². The number of hydrogen-bond donors (Lipinski definition) is 1. The summed E-state index contributed by atoms with van der Waals surface area (Å²) in [4.78, 5) is 0. The fourth-order valence-electron chi connectivity index (χ4n) is 1.92. The molecular formula is C10H23N3O3S. The molecule has 7 heteroatoms. The molecule has 0 amide bonds. The van der Waals surface area contributed by atoms with Crippen LogP contribution in [0.1, 0.15) is 20.8 Å². The maximum atomic E-state index is 12.5. The Morgan fingerprint density at radius 1 is 1.35 bits per heavy atom. The molecule has 0 saturated carbocycles. The SMILES string of the molecule is CCN(C(C)(C)CN)S(=O)(=O)N1CCOCC1. The van der Waals surface area contributed by atoms with Crippen LogP contribution in [-0.4, -0.2) is 62.0 Å². The summed E-state index contributed by atoms with van der Waals surface area (Å²) in [5.74, 6) is 0. The first-order valence-electron chi connectivity index (χ1n) is 5.92.